The molecule has 50 heavy (non-hydrogen) atoms. The minimum Gasteiger partial charge on any atom is -0.494 e. The summed E-state index contributed by atoms with van der Waals surface area (Å²) in [5.74, 6) is -0.939. The topological polar surface area (TPSA) is 145 Å². The van der Waals surface area contributed by atoms with Crippen molar-refractivity contribution < 1.29 is 54.9 Å². The van der Waals surface area contributed by atoms with E-state index in [2.05, 4.69) is 32.9 Å². The molecule has 0 amide bonds. The highest BCUT2D eigenvalue weighted by atomic mass is 28.5. The number of carbonyl (C=O) groups excluding carboxylic acids is 3. The van der Waals surface area contributed by atoms with Gasteiger partial charge in [-0.2, -0.15) is 0 Å². The summed E-state index contributed by atoms with van der Waals surface area (Å²) in [5.41, 5.74) is 1.64. The van der Waals surface area contributed by atoms with Crippen molar-refractivity contribution in [3.05, 3.63) is 60.9 Å². The summed E-state index contributed by atoms with van der Waals surface area (Å²) in [6, 6.07) is 1.70. The number of esters is 3. The van der Waals surface area contributed by atoms with Crippen molar-refractivity contribution in [1.29, 1.82) is 0 Å². The Morgan fingerprint density at radius 1 is 0.500 bits per heavy atom. The Morgan fingerprint density at radius 2 is 0.820 bits per heavy atom. The molecule has 3 unspecified atom stereocenters. The largest absolute Gasteiger partial charge is 0.494 e. The van der Waals surface area contributed by atoms with Crippen LogP contribution in [0.3, 0.4) is 0 Å². The third-order valence-corrected chi connectivity index (χ3v) is 23.7. The highest BCUT2D eigenvalue weighted by molar-refractivity contribution is 6.88. The smallest absolute Gasteiger partial charge is 0.333 e. The van der Waals surface area contributed by atoms with E-state index >= 15 is 0 Å². The van der Waals surface area contributed by atoms with Gasteiger partial charge < -0.3 is 40.5 Å². The van der Waals surface area contributed by atoms with Gasteiger partial charge in [-0.25, -0.2) is 14.4 Å². The highest BCUT2D eigenvalue weighted by Crippen LogP contribution is 2.33. The van der Waals surface area contributed by atoms with Crippen LogP contribution in [0.2, 0.25) is 50.4 Å². The molecule has 0 saturated carbocycles. The molecule has 0 aliphatic heterocycles. The van der Waals surface area contributed by atoms with E-state index in [1.54, 1.807) is 34.4 Å². The van der Waals surface area contributed by atoms with E-state index in [-0.39, 0.29) is 19.8 Å². The van der Waals surface area contributed by atoms with Crippen molar-refractivity contribution in [2.45, 2.75) is 104 Å². The van der Waals surface area contributed by atoms with Gasteiger partial charge in [0.15, 0.2) is 0 Å². The lowest BCUT2D eigenvalue weighted by Gasteiger charge is -2.43. The summed E-state index contributed by atoms with van der Waals surface area (Å²) in [5, 5.41) is 0. The van der Waals surface area contributed by atoms with Gasteiger partial charge in [-0.05, 0) is 109 Å². The van der Waals surface area contributed by atoms with Crippen molar-refractivity contribution in [2.24, 2.45) is 0 Å². The average Bonchev–Trinajstić information content (AvgIpc) is 3.00. The fraction of sp³-hybridized carbons (Fsp3) is 0.618. The second-order valence-electron chi connectivity index (χ2n) is 13.3. The zero-order valence-corrected chi connectivity index (χ0v) is 36.0. The number of hydrogen-bond donors (Lipinski definition) is 1. The van der Waals surface area contributed by atoms with Gasteiger partial charge in [-0.15, -0.1) is 0 Å². The molecule has 0 bridgehead atoms. The Balaban J connectivity index is 6.25. The maximum atomic E-state index is 12.1. The van der Waals surface area contributed by atoms with E-state index < -0.39 is 52.2 Å². The van der Waals surface area contributed by atoms with Crippen LogP contribution in [0.15, 0.2) is 60.9 Å². The molecule has 16 heteroatoms. The molecule has 0 radical (unpaired) electrons. The lowest BCUT2D eigenvalue weighted by molar-refractivity contribution is -0.139. The van der Waals surface area contributed by atoms with E-state index in [4.69, 9.17) is 35.7 Å². The van der Waals surface area contributed by atoms with Gasteiger partial charge in [0.25, 0.3) is 0 Å². The fourth-order valence-corrected chi connectivity index (χ4v) is 22.9. The molecule has 0 aromatic rings. The summed E-state index contributed by atoms with van der Waals surface area (Å²) < 4.78 is 48.2. The SMILES string of the molecule is C=C(C)C(=C)OCCC[Si@](C)(O[Si](C)(O)CCCOC(=O)C(=C)C)O[Si](C)(CCCOC(=O)C(=C)C)O[Si](C)(CCCOC(=O)C(=C)C)OC. The molecule has 0 heterocycles. The molecular weight excluding hydrogens is 713 g/mol. The van der Waals surface area contributed by atoms with E-state index in [1.807, 2.05) is 26.6 Å². The third-order valence-electron chi connectivity index (χ3n) is 7.34. The number of rotatable bonds is 28. The average molecular weight is 775 g/mol. The zero-order valence-electron chi connectivity index (χ0n) is 32.0. The van der Waals surface area contributed by atoms with Gasteiger partial charge in [0.05, 0.1) is 26.4 Å². The molecule has 286 valence electrons. The number of ether oxygens (including phenoxy) is 4. The Morgan fingerprint density at radius 3 is 1.18 bits per heavy atom. The first-order chi connectivity index (χ1) is 23.0. The summed E-state index contributed by atoms with van der Waals surface area (Å²) >= 11 is 0. The van der Waals surface area contributed by atoms with Gasteiger partial charge >= 0.3 is 52.2 Å². The second-order valence-corrected chi connectivity index (χ2v) is 27.3. The van der Waals surface area contributed by atoms with Crippen LogP contribution in [-0.4, -0.2) is 90.5 Å². The van der Waals surface area contributed by atoms with Crippen molar-refractivity contribution in [1.82, 2.24) is 0 Å². The van der Waals surface area contributed by atoms with E-state index in [9.17, 15) is 19.2 Å². The van der Waals surface area contributed by atoms with Crippen LogP contribution in [0.5, 0.6) is 0 Å². The predicted molar refractivity (Wildman–Crippen MR) is 204 cm³/mol. The third kappa shape index (κ3) is 20.4. The molecule has 12 nitrogen and oxygen atoms in total. The van der Waals surface area contributed by atoms with E-state index in [0.29, 0.717) is 78.9 Å². The van der Waals surface area contributed by atoms with Crippen LogP contribution in [0, 0.1) is 0 Å². The molecule has 0 aliphatic carbocycles. The molecule has 0 aliphatic rings. The van der Waals surface area contributed by atoms with Crippen molar-refractivity contribution in [3.63, 3.8) is 0 Å². The van der Waals surface area contributed by atoms with Crippen LogP contribution in [0.1, 0.15) is 53.4 Å². The normalized spacial score (nSPS) is 16.0. The lowest BCUT2D eigenvalue weighted by Crippen LogP contribution is -2.60. The monoisotopic (exact) mass is 774 g/mol. The summed E-state index contributed by atoms with van der Waals surface area (Å²) in [6.45, 7) is 33.4. The zero-order chi connectivity index (χ0) is 38.8. The summed E-state index contributed by atoms with van der Waals surface area (Å²) in [4.78, 5) is 47.4. The quantitative estimate of drug-likeness (QED) is 0.0166. The summed E-state index contributed by atoms with van der Waals surface area (Å²) in [6.07, 6.45) is 1.89. The minimum atomic E-state index is -3.35. The Bertz CT molecular complexity index is 1220. The van der Waals surface area contributed by atoms with E-state index in [1.165, 1.54) is 0 Å². The predicted octanol–water partition coefficient (Wildman–Crippen LogP) is 6.99. The minimum absolute atomic E-state index is 0.117. The van der Waals surface area contributed by atoms with Gasteiger partial charge in [0.1, 0.15) is 5.76 Å². The molecule has 0 aromatic heterocycles. The fourth-order valence-electron chi connectivity index (χ4n) is 4.63. The molecule has 0 rings (SSSR count). The molecule has 4 atom stereocenters. The Labute approximate surface area is 304 Å². The standard InChI is InChI=1S/C34H62O12Si4/c1-27(2)31(9)40-19-16-25-49(13,44-47(11,38)23-15-20-41-32(35)28(3)4)46-50(14,26-18-22-43-34(37)30(7)8)45-48(12,39-10)24-17-21-42-33(36)29(5)6/h38H,1,3,5,7,9,15-26H2,2,4,6,8,10-14H3/t47?,48?,49-,50?/m1/s1. The van der Waals surface area contributed by atoms with Crippen LogP contribution in [0.4, 0.5) is 0 Å². The molecule has 0 spiro atoms. The number of carbonyl (C=O) groups is 3. The maximum Gasteiger partial charge on any atom is 0.333 e. The Hall–Kier alpha value is -2.42. The van der Waals surface area contributed by atoms with Crippen molar-refractivity contribution in [2.75, 3.05) is 33.5 Å². The number of hydrogen-bond acceptors (Lipinski definition) is 12. The van der Waals surface area contributed by atoms with Gasteiger partial charge in [0.2, 0.25) is 0 Å². The maximum absolute atomic E-state index is 12.1. The van der Waals surface area contributed by atoms with E-state index in [0.717, 1.165) is 5.57 Å². The first-order valence-corrected chi connectivity index (χ1v) is 27.0. The molecule has 1 N–H and O–H groups in total. The molecule has 0 aromatic carbocycles. The van der Waals surface area contributed by atoms with Crippen LogP contribution in [0.25, 0.3) is 0 Å². The van der Waals surface area contributed by atoms with Gasteiger partial charge in [0, 0.05) is 23.8 Å². The first-order valence-electron chi connectivity index (χ1n) is 16.8. The number of allylic oxidation sites excluding steroid dienone is 1. The second kappa shape index (κ2) is 22.5. The van der Waals surface area contributed by atoms with Crippen molar-refractivity contribution in [3.8, 4) is 0 Å². The van der Waals surface area contributed by atoms with Crippen LogP contribution >= 0.6 is 0 Å². The van der Waals surface area contributed by atoms with Crippen LogP contribution < -0.4 is 0 Å². The van der Waals surface area contributed by atoms with Gasteiger partial charge in [-0.3, -0.25) is 0 Å². The molecular formula is C34H62O12Si4. The molecule has 0 fully saturated rings. The molecule has 0 saturated heterocycles. The Kier molecular flexibility index (Phi) is 21.4. The van der Waals surface area contributed by atoms with Crippen LogP contribution in [-0.2, 0) is 50.1 Å². The lowest BCUT2D eigenvalue weighted by atomic mass is 10.3. The summed E-state index contributed by atoms with van der Waals surface area (Å²) in [7, 11) is -11.1. The van der Waals surface area contributed by atoms with Crippen molar-refractivity contribution >= 4 is 52.2 Å². The first kappa shape index (κ1) is 47.6. The highest BCUT2D eigenvalue weighted by Gasteiger charge is 2.50. The van der Waals surface area contributed by atoms with Gasteiger partial charge in [-0.1, -0.05) is 32.9 Å².